The van der Waals surface area contributed by atoms with Crippen molar-refractivity contribution >= 4 is 95.3 Å². The first-order valence-corrected chi connectivity index (χ1v) is 46.6. The van der Waals surface area contributed by atoms with Crippen LogP contribution in [0.2, 0.25) is 0 Å². The molecule has 8 aromatic carbocycles. The van der Waals surface area contributed by atoms with Crippen molar-refractivity contribution < 1.29 is 29.1 Å². The van der Waals surface area contributed by atoms with Gasteiger partial charge in [0.15, 0.2) is 26.3 Å². The molecule has 3 atom stereocenters. The molecule has 16 rings (SSSR count). The van der Waals surface area contributed by atoms with Crippen LogP contribution in [0.4, 0.5) is 20.5 Å². The Kier molecular flexibility index (Phi) is 44.7. The second-order valence-electron chi connectivity index (χ2n) is 27.3. The third-order valence-corrected chi connectivity index (χ3v) is 24.1. The monoisotopic (exact) mass is 1690 g/mol. The van der Waals surface area contributed by atoms with Crippen molar-refractivity contribution in [2.45, 2.75) is 241 Å². The van der Waals surface area contributed by atoms with Gasteiger partial charge in [0.25, 0.3) is 0 Å². The van der Waals surface area contributed by atoms with Crippen LogP contribution in [-0.2, 0) is 66.5 Å². The maximum absolute atomic E-state index is 12.8. The zero-order chi connectivity index (χ0) is 87.9. The van der Waals surface area contributed by atoms with E-state index in [0.29, 0.717) is 50.1 Å². The molecule has 4 aromatic heterocycles. The molecule has 18 heteroatoms. The average molecular weight is 1690 g/mol. The minimum absolute atomic E-state index is 0.0119. The fourth-order valence-electron chi connectivity index (χ4n) is 13.0. The van der Waals surface area contributed by atoms with E-state index in [2.05, 4.69) is 104 Å². The van der Waals surface area contributed by atoms with Gasteiger partial charge in [0.05, 0.1) is 43.7 Å². The number of carbonyl (C=O) groups is 5. The van der Waals surface area contributed by atoms with Crippen molar-refractivity contribution in [1.82, 2.24) is 19.9 Å². The summed E-state index contributed by atoms with van der Waals surface area (Å²) in [7, 11) is 0. The zero-order valence-corrected chi connectivity index (χ0v) is 77.3. The molecule has 5 N–H and O–H groups in total. The van der Waals surface area contributed by atoms with Crippen LogP contribution < -0.4 is 21.3 Å². The second-order valence-corrected chi connectivity index (χ2v) is 31.5. The molecule has 4 amide bonds. The lowest BCUT2D eigenvalue weighted by Crippen LogP contribution is -2.27. The smallest absolute Gasteiger partial charge is 0.236 e. The zero-order valence-electron chi connectivity index (χ0n) is 74.0. The van der Waals surface area contributed by atoms with Gasteiger partial charge in [-0.3, -0.25) is 24.0 Å². The van der Waals surface area contributed by atoms with Gasteiger partial charge in [-0.1, -0.05) is 390 Å². The standard InChI is InChI=1S/2C22H22N2OS.C21H20N2O2S.C21H18N2O2S.8C2H6/c2*1-16(14-17-8-4-2-5-9-17)19-15-23-21(26-19)24-20(25)22(12-13-22)18-10-6-3-7-11-18;2*24-17(13-15-7-3-1-4-8-15)18-14-22-20(26-18)23-19(25)21(11-12-21)16-9-5-2-6-10-16;8*1-2/h2*2-11,15-16H,12-14H2,1H3,(H,23,24,25);1-10,14,17,24H,11-13H2,(H,22,23,25);1-10,14H,11-13H2,(H,22,23,25);8*1-2H3. The molecule has 0 aliphatic heterocycles. The lowest BCUT2D eigenvalue weighted by molar-refractivity contribution is -0.119. The number of Topliss-reactive ketones (excluding diaryl/α,β-unsaturated/α-hetero) is 1. The number of carbonyl (C=O) groups excluding carboxylic acids is 5. The van der Waals surface area contributed by atoms with Crippen LogP contribution in [-0.4, -0.2) is 54.5 Å². The number of nitrogens with one attached hydrogen (secondary N) is 4. The number of nitrogens with zero attached hydrogens (tertiary/aromatic N) is 4. The Morgan fingerprint density at radius 1 is 0.300 bits per heavy atom. The third-order valence-electron chi connectivity index (χ3n) is 19.8. The largest absolute Gasteiger partial charge is 0.387 e. The molecule has 638 valence electrons. The van der Waals surface area contributed by atoms with Crippen LogP contribution in [0.25, 0.3) is 0 Å². The molecule has 4 aliphatic rings. The summed E-state index contributed by atoms with van der Waals surface area (Å²) in [6.45, 7) is 36.4. The van der Waals surface area contributed by atoms with Crippen LogP contribution in [0.15, 0.2) is 267 Å². The fraction of sp³-hybridized carbons (Fsp3) is 0.363. The van der Waals surface area contributed by atoms with Crippen LogP contribution in [0.3, 0.4) is 0 Å². The van der Waals surface area contributed by atoms with E-state index in [-0.39, 0.29) is 40.2 Å². The predicted molar refractivity (Wildman–Crippen MR) is 510 cm³/mol. The summed E-state index contributed by atoms with van der Waals surface area (Å²) in [4.78, 5) is 84.7. The van der Waals surface area contributed by atoms with E-state index in [1.165, 1.54) is 43.6 Å². The van der Waals surface area contributed by atoms with E-state index in [4.69, 9.17) is 0 Å². The molecular weight excluding hydrogens is 1560 g/mol. The highest BCUT2D eigenvalue weighted by molar-refractivity contribution is 7.17. The van der Waals surface area contributed by atoms with Crippen molar-refractivity contribution in [3.63, 3.8) is 0 Å². The SMILES string of the molecule is CC.CC.CC.CC.CC.CC.CC.CC.CC(Cc1ccccc1)c1cnc(NC(=O)C2(c3ccccc3)CC2)s1.CC(Cc1ccccc1)c1cnc(NC(=O)C2(c3ccccc3)CC2)s1.O=C(Cc1ccccc1)c1cnc(NC(=O)C2(c3ccccc3)CC2)s1.O=C(Nc1ncc(C(O)Cc2ccccc2)s1)C1(c2ccccc2)CC1. The summed E-state index contributed by atoms with van der Waals surface area (Å²) >= 11 is 5.74. The lowest BCUT2D eigenvalue weighted by Gasteiger charge is -2.14. The van der Waals surface area contributed by atoms with Crippen molar-refractivity contribution in [1.29, 1.82) is 0 Å². The van der Waals surface area contributed by atoms with E-state index in [1.807, 2.05) is 317 Å². The topological polar surface area (TPSA) is 205 Å². The Balaban J connectivity index is 0.000000269. The number of aliphatic hydroxyl groups excluding tert-OH is 1. The lowest BCUT2D eigenvalue weighted by atomic mass is 9.95. The van der Waals surface area contributed by atoms with Crippen LogP contribution >= 0.6 is 45.3 Å². The van der Waals surface area contributed by atoms with Crippen molar-refractivity contribution in [3.8, 4) is 0 Å². The van der Waals surface area contributed by atoms with Gasteiger partial charge in [0.1, 0.15) is 0 Å². The van der Waals surface area contributed by atoms with E-state index in [1.54, 1.807) is 35.1 Å². The predicted octanol–water partition coefficient (Wildman–Crippen LogP) is 26.9. The van der Waals surface area contributed by atoms with Crippen molar-refractivity contribution in [2.75, 3.05) is 21.3 Å². The summed E-state index contributed by atoms with van der Waals surface area (Å²) in [5.41, 5.74) is 7.39. The number of ketones is 1. The van der Waals surface area contributed by atoms with E-state index in [9.17, 15) is 29.1 Å². The Labute approximate surface area is 733 Å². The molecular formula is C102H130N8O6S4. The van der Waals surface area contributed by atoms with Crippen molar-refractivity contribution in [2.24, 2.45) is 0 Å². The number of benzene rings is 8. The molecule has 0 saturated heterocycles. The number of amides is 4. The number of hydrogen-bond donors (Lipinski definition) is 5. The molecule has 0 spiro atoms. The molecule has 120 heavy (non-hydrogen) atoms. The summed E-state index contributed by atoms with van der Waals surface area (Å²) in [6, 6.07) is 80.3. The molecule has 0 bridgehead atoms. The number of aliphatic hydroxyl groups is 1. The maximum Gasteiger partial charge on any atom is 0.236 e. The molecule has 4 heterocycles. The van der Waals surface area contributed by atoms with E-state index >= 15 is 0 Å². The highest BCUT2D eigenvalue weighted by Crippen LogP contribution is 2.52. The van der Waals surface area contributed by atoms with Gasteiger partial charge in [-0.15, -0.1) is 22.7 Å². The Morgan fingerprint density at radius 2 is 0.517 bits per heavy atom. The van der Waals surface area contributed by atoms with Gasteiger partial charge in [0.2, 0.25) is 23.6 Å². The number of hydrogen-bond acceptors (Lipinski definition) is 14. The molecule has 4 aliphatic carbocycles. The molecule has 3 unspecified atom stereocenters. The first kappa shape index (κ1) is 100. The van der Waals surface area contributed by atoms with Crippen LogP contribution in [0.1, 0.15) is 263 Å². The van der Waals surface area contributed by atoms with Gasteiger partial charge >= 0.3 is 0 Å². The molecule has 0 radical (unpaired) electrons. The quantitative estimate of drug-likeness (QED) is 0.0362. The number of rotatable bonds is 24. The highest BCUT2D eigenvalue weighted by Gasteiger charge is 2.54. The van der Waals surface area contributed by atoms with Gasteiger partial charge in [-0.05, 0) is 121 Å². The molecule has 4 fully saturated rings. The first-order chi connectivity index (χ1) is 58.7. The highest BCUT2D eigenvalue weighted by atomic mass is 32.1. The second kappa shape index (κ2) is 53.4. The number of aromatic nitrogens is 4. The Hall–Kier alpha value is -10.2. The minimum Gasteiger partial charge on any atom is -0.387 e. The summed E-state index contributed by atoms with van der Waals surface area (Å²) in [6.07, 6.45) is 16.2. The third kappa shape index (κ3) is 29.0. The molecule has 14 nitrogen and oxygen atoms in total. The average Bonchev–Trinajstić information content (AvgIpc) is 1.62. The van der Waals surface area contributed by atoms with Crippen molar-refractivity contribution in [3.05, 3.63) is 331 Å². The number of thiazole rings is 4. The van der Waals surface area contributed by atoms with Crippen LogP contribution in [0.5, 0.6) is 0 Å². The minimum atomic E-state index is -0.621. The Bertz CT molecular complexity index is 4460. The van der Waals surface area contributed by atoms with Gasteiger partial charge in [-0.25, -0.2) is 19.9 Å². The van der Waals surface area contributed by atoms with Gasteiger partial charge in [0, 0.05) is 41.2 Å². The maximum atomic E-state index is 12.8. The van der Waals surface area contributed by atoms with E-state index < -0.39 is 16.9 Å². The normalized spacial score (nSPS) is 14.0. The Morgan fingerprint density at radius 3 is 0.783 bits per heavy atom. The molecule has 4 saturated carbocycles. The molecule has 12 aromatic rings. The van der Waals surface area contributed by atoms with E-state index in [0.717, 1.165) is 102 Å². The summed E-state index contributed by atoms with van der Waals surface area (Å²) in [5, 5.41) is 24.8. The fourth-order valence-corrected chi connectivity index (χ4v) is 16.3. The van der Waals surface area contributed by atoms with Gasteiger partial charge in [-0.2, -0.15) is 0 Å². The van der Waals surface area contributed by atoms with Gasteiger partial charge < -0.3 is 26.4 Å². The number of anilines is 4. The van der Waals surface area contributed by atoms with Crippen LogP contribution in [0, 0.1) is 0 Å². The summed E-state index contributed by atoms with van der Waals surface area (Å²) in [5.74, 6) is 0.857. The first-order valence-electron chi connectivity index (χ1n) is 43.4. The summed E-state index contributed by atoms with van der Waals surface area (Å²) < 4.78 is 0.